The molecule has 0 fully saturated rings. The van der Waals surface area contributed by atoms with Crippen molar-refractivity contribution in [1.82, 2.24) is 4.57 Å². The molecule has 3 heteroatoms. The first-order valence-electron chi connectivity index (χ1n) is 8.14. The van der Waals surface area contributed by atoms with Crippen LogP contribution in [0.3, 0.4) is 0 Å². The monoisotopic (exact) mass is 329 g/mol. The van der Waals surface area contributed by atoms with Gasteiger partial charge in [0.15, 0.2) is 0 Å². The van der Waals surface area contributed by atoms with Crippen molar-refractivity contribution in [1.29, 1.82) is 0 Å². The van der Waals surface area contributed by atoms with Gasteiger partial charge in [-0.05, 0) is 42.0 Å². The minimum atomic E-state index is 0.839. The van der Waals surface area contributed by atoms with E-state index in [0.29, 0.717) is 0 Å². The van der Waals surface area contributed by atoms with Crippen LogP contribution in [-0.2, 0) is 0 Å². The number of methoxy groups -OCH3 is 2. The maximum absolute atomic E-state index is 5.44. The number of nitrogens with zero attached hydrogens (tertiary/aromatic N) is 1. The van der Waals surface area contributed by atoms with E-state index in [1.54, 1.807) is 14.2 Å². The second-order valence-corrected chi connectivity index (χ2v) is 5.90. The number of hydrogen-bond donors (Lipinski definition) is 0. The average Bonchev–Trinajstić information content (AvgIpc) is 3.00. The Hall–Kier alpha value is -3.20. The molecule has 0 amide bonds. The SMILES string of the molecule is C=Cc1ccc(-n2c3cc(OC)ccc3c3ccc(OC)cc32)cc1. The van der Waals surface area contributed by atoms with Gasteiger partial charge in [-0.1, -0.05) is 24.8 Å². The third-order valence-corrected chi connectivity index (χ3v) is 4.57. The molecule has 0 N–H and O–H groups in total. The molecule has 1 aromatic heterocycles. The van der Waals surface area contributed by atoms with Crippen LogP contribution in [-0.4, -0.2) is 18.8 Å². The fraction of sp³-hybridized carbons (Fsp3) is 0.0909. The summed E-state index contributed by atoms with van der Waals surface area (Å²) in [5.41, 5.74) is 4.40. The van der Waals surface area contributed by atoms with Crippen molar-refractivity contribution in [2.75, 3.05) is 14.2 Å². The van der Waals surface area contributed by atoms with E-state index in [1.807, 2.05) is 18.2 Å². The van der Waals surface area contributed by atoms with E-state index in [2.05, 4.69) is 59.7 Å². The number of aromatic nitrogens is 1. The molecule has 0 aliphatic carbocycles. The summed E-state index contributed by atoms with van der Waals surface area (Å²) >= 11 is 0. The molecular formula is C22H19NO2. The molecule has 124 valence electrons. The van der Waals surface area contributed by atoms with Gasteiger partial charge < -0.3 is 14.0 Å². The Bertz CT molecular complexity index is 1010. The molecule has 0 aliphatic heterocycles. The number of rotatable bonds is 4. The summed E-state index contributed by atoms with van der Waals surface area (Å²) in [4.78, 5) is 0. The van der Waals surface area contributed by atoms with Crippen molar-refractivity contribution in [2.45, 2.75) is 0 Å². The zero-order valence-corrected chi connectivity index (χ0v) is 14.3. The van der Waals surface area contributed by atoms with Crippen LogP contribution in [0.15, 0.2) is 67.2 Å². The molecule has 0 saturated heterocycles. The van der Waals surface area contributed by atoms with Crippen molar-refractivity contribution in [3.8, 4) is 17.2 Å². The van der Waals surface area contributed by atoms with E-state index in [4.69, 9.17) is 9.47 Å². The maximum Gasteiger partial charge on any atom is 0.120 e. The van der Waals surface area contributed by atoms with E-state index in [1.165, 1.54) is 10.8 Å². The Labute approximate surface area is 146 Å². The Morgan fingerprint density at radius 3 is 1.72 bits per heavy atom. The van der Waals surface area contributed by atoms with E-state index >= 15 is 0 Å². The molecule has 0 bridgehead atoms. The normalized spacial score (nSPS) is 11.0. The van der Waals surface area contributed by atoms with Crippen molar-refractivity contribution in [3.63, 3.8) is 0 Å². The van der Waals surface area contributed by atoms with Crippen LogP contribution < -0.4 is 9.47 Å². The highest BCUT2D eigenvalue weighted by molar-refractivity contribution is 6.10. The molecule has 0 unspecified atom stereocenters. The van der Waals surface area contributed by atoms with Gasteiger partial charge in [0.2, 0.25) is 0 Å². The Kier molecular flexibility index (Phi) is 3.69. The van der Waals surface area contributed by atoms with Crippen molar-refractivity contribution < 1.29 is 9.47 Å². The summed E-state index contributed by atoms with van der Waals surface area (Å²) in [6.45, 7) is 3.83. The van der Waals surface area contributed by atoms with Crippen molar-refractivity contribution in [2.24, 2.45) is 0 Å². The topological polar surface area (TPSA) is 23.4 Å². The van der Waals surface area contributed by atoms with E-state index < -0.39 is 0 Å². The quantitative estimate of drug-likeness (QED) is 0.497. The summed E-state index contributed by atoms with van der Waals surface area (Å²) in [5, 5.41) is 2.37. The molecular weight excluding hydrogens is 310 g/mol. The lowest BCUT2D eigenvalue weighted by atomic mass is 10.1. The largest absolute Gasteiger partial charge is 0.497 e. The fourth-order valence-electron chi connectivity index (χ4n) is 3.27. The number of hydrogen-bond acceptors (Lipinski definition) is 2. The van der Waals surface area contributed by atoms with Gasteiger partial charge in [0.25, 0.3) is 0 Å². The average molecular weight is 329 g/mol. The second-order valence-electron chi connectivity index (χ2n) is 5.90. The fourth-order valence-corrected chi connectivity index (χ4v) is 3.27. The molecule has 0 aliphatic rings. The highest BCUT2D eigenvalue weighted by atomic mass is 16.5. The van der Waals surface area contributed by atoms with Gasteiger partial charge in [-0.25, -0.2) is 0 Å². The van der Waals surface area contributed by atoms with Gasteiger partial charge in [0.1, 0.15) is 11.5 Å². The molecule has 0 radical (unpaired) electrons. The van der Waals surface area contributed by atoms with E-state index in [-0.39, 0.29) is 0 Å². The van der Waals surface area contributed by atoms with Gasteiger partial charge in [0.05, 0.1) is 25.3 Å². The minimum absolute atomic E-state index is 0.839. The first-order valence-corrected chi connectivity index (χ1v) is 8.14. The smallest absolute Gasteiger partial charge is 0.120 e. The molecule has 1 heterocycles. The van der Waals surface area contributed by atoms with Crippen LogP contribution in [0.25, 0.3) is 33.6 Å². The van der Waals surface area contributed by atoms with Gasteiger partial charge in [-0.15, -0.1) is 0 Å². The highest BCUT2D eigenvalue weighted by Crippen LogP contribution is 2.35. The Morgan fingerprint density at radius 2 is 1.28 bits per heavy atom. The summed E-state index contributed by atoms with van der Waals surface area (Å²) < 4.78 is 13.1. The van der Waals surface area contributed by atoms with Crippen molar-refractivity contribution >= 4 is 27.9 Å². The predicted octanol–water partition coefficient (Wildman–Crippen LogP) is 5.44. The maximum atomic E-state index is 5.44. The summed E-state index contributed by atoms with van der Waals surface area (Å²) in [5.74, 6) is 1.68. The Morgan fingerprint density at radius 1 is 0.760 bits per heavy atom. The molecule has 3 aromatic carbocycles. The lowest BCUT2D eigenvalue weighted by Crippen LogP contribution is -1.94. The number of fused-ring (bicyclic) bond motifs is 3. The van der Waals surface area contributed by atoms with Crippen LogP contribution in [0.1, 0.15) is 5.56 Å². The second kappa shape index (κ2) is 6.02. The number of benzene rings is 3. The zero-order chi connectivity index (χ0) is 17.4. The van der Waals surface area contributed by atoms with Crippen LogP contribution in [0, 0.1) is 0 Å². The van der Waals surface area contributed by atoms with Crippen molar-refractivity contribution in [3.05, 3.63) is 72.8 Å². The molecule has 4 aromatic rings. The van der Waals surface area contributed by atoms with E-state index in [0.717, 1.165) is 33.8 Å². The molecule has 4 rings (SSSR count). The van der Waals surface area contributed by atoms with Gasteiger partial charge in [0, 0.05) is 28.6 Å². The molecule has 0 saturated carbocycles. The third-order valence-electron chi connectivity index (χ3n) is 4.57. The summed E-state index contributed by atoms with van der Waals surface area (Å²) in [7, 11) is 3.38. The molecule has 0 atom stereocenters. The lowest BCUT2D eigenvalue weighted by Gasteiger charge is -2.09. The molecule has 3 nitrogen and oxygen atoms in total. The van der Waals surface area contributed by atoms with Crippen LogP contribution in [0.5, 0.6) is 11.5 Å². The Balaban J connectivity index is 2.10. The van der Waals surface area contributed by atoms with Crippen LogP contribution >= 0.6 is 0 Å². The standard InChI is InChI=1S/C22H19NO2/c1-4-15-5-7-16(8-6-15)23-21-13-17(24-2)9-11-19(21)20-12-10-18(25-3)14-22(20)23/h4-14H,1H2,2-3H3. The van der Waals surface area contributed by atoms with E-state index in [9.17, 15) is 0 Å². The molecule has 25 heavy (non-hydrogen) atoms. The van der Waals surface area contributed by atoms with Gasteiger partial charge >= 0.3 is 0 Å². The first kappa shape index (κ1) is 15.3. The van der Waals surface area contributed by atoms with Gasteiger partial charge in [-0.3, -0.25) is 0 Å². The minimum Gasteiger partial charge on any atom is -0.497 e. The predicted molar refractivity (Wildman–Crippen MR) is 104 cm³/mol. The van der Waals surface area contributed by atoms with Crippen LogP contribution in [0.2, 0.25) is 0 Å². The summed E-state index contributed by atoms with van der Waals surface area (Å²) in [6, 6.07) is 20.7. The third kappa shape index (κ3) is 2.45. The van der Waals surface area contributed by atoms with Gasteiger partial charge in [-0.2, -0.15) is 0 Å². The number of ether oxygens (including phenoxy) is 2. The lowest BCUT2D eigenvalue weighted by molar-refractivity contribution is 0.415. The highest BCUT2D eigenvalue weighted by Gasteiger charge is 2.14. The molecule has 0 spiro atoms. The summed E-state index contributed by atoms with van der Waals surface area (Å²) in [6.07, 6.45) is 1.85. The zero-order valence-electron chi connectivity index (χ0n) is 14.3. The first-order chi connectivity index (χ1) is 12.2. The van der Waals surface area contributed by atoms with Crippen LogP contribution in [0.4, 0.5) is 0 Å².